The Bertz CT molecular complexity index is 931. The highest BCUT2D eigenvalue weighted by Gasteiger charge is 2.44. The van der Waals surface area contributed by atoms with E-state index in [1.54, 1.807) is 0 Å². The molecule has 0 bridgehead atoms. The number of aromatic nitrogens is 1. The van der Waals surface area contributed by atoms with Gasteiger partial charge >= 0.3 is 0 Å². The lowest BCUT2D eigenvalue weighted by atomic mass is 9.90. The van der Waals surface area contributed by atoms with Crippen molar-refractivity contribution >= 4 is 11.0 Å². The third-order valence-corrected chi connectivity index (χ3v) is 7.20. The van der Waals surface area contributed by atoms with E-state index < -0.39 is 0 Å². The Kier molecular flexibility index (Phi) is 7.37. The van der Waals surface area contributed by atoms with Crippen molar-refractivity contribution < 1.29 is 9.26 Å². The molecular formula is C26H38N4O2. The van der Waals surface area contributed by atoms with Crippen LogP contribution in [-0.2, 0) is 6.42 Å². The van der Waals surface area contributed by atoms with E-state index in [1.807, 2.05) is 14.1 Å². The summed E-state index contributed by atoms with van der Waals surface area (Å²) in [4.78, 5) is 2.50. The average molecular weight is 439 g/mol. The first kappa shape index (κ1) is 23.1. The lowest BCUT2D eigenvalue weighted by molar-refractivity contribution is 0.162. The van der Waals surface area contributed by atoms with Gasteiger partial charge in [0.25, 0.3) is 0 Å². The predicted molar refractivity (Wildman–Crippen MR) is 127 cm³/mol. The van der Waals surface area contributed by atoms with E-state index in [9.17, 15) is 5.26 Å². The molecule has 0 spiro atoms. The number of nitrogens with zero attached hydrogens (tertiary/aromatic N) is 3. The van der Waals surface area contributed by atoms with Gasteiger partial charge in [-0.15, -0.1) is 0 Å². The molecule has 1 N–H and O–H groups in total. The van der Waals surface area contributed by atoms with Gasteiger partial charge in [0.1, 0.15) is 5.75 Å². The molecule has 1 saturated heterocycles. The Labute approximate surface area is 192 Å². The van der Waals surface area contributed by atoms with Crippen LogP contribution in [0.4, 0.5) is 0 Å². The van der Waals surface area contributed by atoms with Crippen molar-refractivity contribution in [3.8, 4) is 11.8 Å². The fourth-order valence-corrected chi connectivity index (χ4v) is 4.66. The molecule has 32 heavy (non-hydrogen) atoms. The molecule has 0 radical (unpaired) electrons. The summed E-state index contributed by atoms with van der Waals surface area (Å²) in [7, 11) is 3.75. The molecule has 3 fully saturated rings. The second kappa shape index (κ2) is 10.2. The molecule has 1 aromatic heterocycles. The maximum atomic E-state index is 9.31. The number of ether oxygens (including phenoxy) is 1. The minimum atomic E-state index is -0.00838. The second-order valence-electron chi connectivity index (χ2n) is 10.1. The smallest absolute Gasteiger partial charge is 0.173 e. The molecule has 6 heteroatoms. The van der Waals surface area contributed by atoms with E-state index in [-0.39, 0.29) is 5.41 Å². The highest BCUT2D eigenvalue weighted by Crippen LogP contribution is 2.46. The van der Waals surface area contributed by atoms with Gasteiger partial charge < -0.3 is 19.5 Å². The molecule has 2 saturated carbocycles. The van der Waals surface area contributed by atoms with Gasteiger partial charge in [-0.05, 0) is 109 Å². The first-order valence-electron chi connectivity index (χ1n) is 12.3. The van der Waals surface area contributed by atoms with Crippen LogP contribution >= 0.6 is 0 Å². The molecule has 2 heterocycles. The summed E-state index contributed by atoms with van der Waals surface area (Å²) in [5.74, 6) is 2.43. The maximum absolute atomic E-state index is 9.31. The summed E-state index contributed by atoms with van der Waals surface area (Å²) in [6.45, 7) is 6.14. The van der Waals surface area contributed by atoms with Gasteiger partial charge in [0, 0.05) is 17.5 Å². The topological polar surface area (TPSA) is 74.3 Å². The van der Waals surface area contributed by atoms with Crippen molar-refractivity contribution in [3.63, 3.8) is 0 Å². The third kappa shape index (κ3) is 5.63. The average Bonchev–Trinajstić information content (AvgIpc) is 3.73. The molecule has 0 unspecified atom stereocenters. The Hall–Kier alpha value is -2.10. The van der Waals surface area contributed by atoms with E-state index in [1.165, 1.54) is 25.7 Å². The van der Waals surface area contributed by atoms with Gasteiger partial charge in [0.2, 0.25) is 0 Å². The quantitative estimate of drug-likeness (QED) is 0.643. The molecule has 1 aromatic carbocycles. The highest BCUT2D eigenvalue weighted by atomic mass is 16.5. The van der Waals surface area contributed by atoms with E-state index >= 15 is 0 Å². The first-order valence-corrected chi connectivity index (χ1v) is 12.3. The Morgan fingerprint density at radius 2 is 1.91 bits per heavy atom. The van der Waals surface area contributed by atoms with Crippen LogP contribution in [0.2, 0.25) is 0 Å². The van der Waals surface area contributed by atoms with Crippen LogP contribution < -0.4 is 10.1 Å². The van der Waals surface area contributed by atoms with Gasteiger partial charge in [0.05, 0.1) is 23.8 Å². The summed E-state index contributed by atoms with van der Waals surface area (Å²) in [6.07, 6.45) is 9.38. The lowest BCUT2D eigenvalue weighted by Crippen LogP contribution is -2.37. The van der Waals surface area contributed by atoms with Crippen molar-refractivity contribution in [1.29, 1.82) is 5.26 Å². The molecule has 0 atom stereocenters. The minimum Gasteiger partial charge on any atom is -0.493 e. The van der Waals surface area contributed by atoms with Crippen LogP contribution in [0.25, 0.3) is 11.0 Å². The van der Waals surface area contributed by atoms with Crippen molar-refractivity contribution in [2.45, 2.75) is 58.3 Å². The van der Waals surface area contributed by atoms with Crippen molar-refractivity contribution in [1.82, 2.24) is 15.4 Å². The van der Waals surface area contributed by atoms with E-state index in [2.05, 4.69) is 40.5 Å². The van der Waals surface area contributed by atoms with E-state index in [0.717, 1.165) is 91.7 Å². The number of rotatable bonds is 8. The maximum Gasteiger partial charge on any atom is 0.173 e. The SMILES string of the molecule is CNC.Cc1c(OCC2CC2)ccc2c(CCC3CCN(CC4(C#N)CC4)CC3)noc12. The van der Waals surface area contributed by atoms with Crippen LogP contribution in [0.1, 0.15) is 56.2 Å². The molecule has 2 aliphatic carbocycles. The van der Waals surface area contributed by atoms with Gasteiger partial charge in [-0.2, -0.15) is 5.26 Å². The summed E-state index contributed by atoms with van der Waals surface area (Å²) in [5, 5.41) is 17.6. The van der Waals surface area contributed by atoms with Crippen LogP contribution in [0, 0.1) is 35.5 Å². The number of nitrogens with one attached hydrogen (secondary N) is 1. The Balaban J connectivity index is 0.000000775. The zero-order valence-electron chi connectivity index (χ0n) is 20.0. The number of fused-ring (bicyclic) bond motifs is 1. The van der Waals surface area contributed by atoms with E-state index in [0.29, 0.717) is 0 Å². The number of benzene rings is 1. The van der Waals surface area contributed by atoms with E-state index in [4.69, 9.17) is 9.26 Å². The molecular weight excluding hydrogens is 400 g/mol. The number of piperidine rings is 1. The fourth-order valence-electron chi connectivity index (χ4n) is 4.66. The highest BCUT2D eigenvalue weighted by molar-refractivity contribution is 5.84. The zero-order chi connectivity index (χ0) is 22.6. The third-order valence-electron chi connectivity index (χ3n) is 7.20. The number of hydrogen-bond acceptors (Lipinski definition) is 6. The van der Waals surface area contributed by atoms with Crippen molar-refractivity contribution in [2.75, 3.05) is 40.3 Å². The number of aryl methyl sites for hydroxylation is 2. The van der Waals surface area contributed by atoms with Gasteiger partial charge in [-0.25, -0.2) is 0 Å². The monoisotopic (exact) mass is 438 g/mol. The molecule has 2 aromatic rings. The number of hydrogen-bond donors (Lipinski definition) is 1. The fraction of sp³-hybridized carbons (Fsp3) is 0.692. The van der Waals surface area contributed by atoms with Crippen molar-refractivity contribution in [3.05, 3.63) is 23.4 Å². The standard InChI is InChI=1S/C24H31N3O2.C2H7N/c1-17-22(28-14-19-2-3-19)7-5-20-21(26-29-23(17)20)6-4-18-8-12-27(13-9-18)16-24(15-25)10-11-24;1-3-2/h5,7,18-19H,2-4,6,8-14,16H2,1H3;3H,1-2H3. The summed E-state index contributed by atoms with van der Waals surface area (Å²) >= 11 is 0. The summed E-state index contributed by atoms with van der Waals surface area (Å²) in [5.41, 5.74) is 3.03. The van der Waals surface area contributed by atoms with Crippen LogP contribution in [0.5, 0.6) is 5.75 Å². The number of likely N-dealkylation sites (tertiary alicyclic amines) is 1. The van der Waals surface area contributed by atoms with Crippen LogP contribution in [0.3, 0.4) is 0 Å². The van der Waals surface area contributed by atoms with Crippen LogP contribution in [-0.4, -0.2) is 50.4 Å². The lowest BCUT2D eigenvalue weighted by Gasteiger charge is -2.33. The number of nitriles is 1. The Morgan fingerprint density at radius 3 is 2.53 bits per heavy atom. The molecule has 3 aliphatic rings. The van der Waals surface area contributed by atoms with Gasteiger partial charge in [-0.3, -0.25) is 0 Å². The second-order valence-corrected chi connectivity index (χ2v) is 10.1. The molecule has 1 aliphatic heterocycles. The van der Waals surface area contributed by atoms with Crippen molar-refractivity contribution in [2.24, 2.45) is 17.3 Å². The molecule has 5 rings (SSSR count). The predicted octanol–water partition coefficient (Wildman–Crippen LogP) is 4.71. The molecule has 6 nitrogen and oxygen atoms in total. The summed E-state index contributed by atoms with van der Waals surface area (Å²) in [6, 6.07) is 6.73. The van der Waals surface area contributed by atoms with Gasteiger partial charge in [0.15, 0.2) is 5.58 Å². The van der Waals surface area contributed by atoms with Crippen LogP contribution in [0.15, 0.2) is 16.7 Å². The largest absolute Gasteiger partial charge is 0.493 e. The molecule has 0 amide bonds. The van der Waals surface area contributed by atoms with Gasteiger partial charge in [-0.1, -0.05) is 5.16 Å². The Morgan fingerprint density at radius 1 is 1.19 bits per heavy atom. The normalized spacial score (nSPS) is 20.4. The first-order chi connectivity index (χ1) is 15.6. The molecule has 174 valence electrons. The zero-order valence-corrected chi connectivity index (χ0v) is 20.0. The minimum absolute atomic E-state index is 0.00838. The summed E-state index contributed by atoms with van der Waals surface area (Å²) < 4.78 is 11.7.